The van der Waals surface area contributed by atoms with Gasteiger partial charge in [-0.15, -0.1) is 11.8 Å². The number of nitro groups is 1. The molecule has 1 fully saturated rings. The van der Waals surface area contributed by atoms with Gasteiger partial charge in [0, 0.05) is 23.4 Å². The Kier molecular flexibility index (Phi) is 4.74. The first-order valence-electron chi connectivity index (χ1n) is 5.93. The second-order valence-electron chi connectivity index (χ2n) is 4.50. The first kappa shape index (κ1) is 15.7. The molecule has 0 bridgehead atoms. The van der Waals surface area contributed by atoms with E-state index in [9.17, 15) is 14.5 Å². The molecule has 1 heterocycles. The molecule has 7 nitrogen and oxygen atoms in total. The van der Waals surface area contributed by atoms with E-state index in [2.05, 4.69) is 6.07 Å². The Labute approximate surface area is 123 Å². The van der Waals surface area contributed by atoms with Crippen molar-refractivity contribution in [3.63, 3.8) is 0 Å². The summed E-state index contributed by atoms with van der Waals surface area (Å²) in [6, 6.07) is 5.28. The van der Waals surface area contributed by atoms with Crippen LogP contribution in [-0.4, -0.2) is 28.6 Å². The van der Waals surface area contributed by atoms with Crippen molar-refractivity contribution >= 4 is 17.4 Å². The van der Waals surface area contributed by atoms with Crippen LogP contribution in [-0.2, 0) is 9.57 Å². The molecule has 0 aliphatic carbocycles. The van der Waals surface area contributed by atoms with Crippen LogP contribution in [0.5, 0.6) is 0 Å². The van der Waals surface area contributed by atoms with Gasteiger partial charge in [-0.3, -0.25) is 15.0 Å². The molecule has 1 aliphatic rings. The number of hydrogen-bond donors (Lipinski definition) is 1. The molecule has 2 N–H and O–H groups in total. The molecule has 0 radical (unpaired) electrons. The molecular weight excluding hydrogens is 301 g/mol. The van der Waals surface area contributed by atoms with E-state index in [-0.39, 0.29) is 30.2 Å². The average Bonchev–Trinajstić information content (AvgIpc) is 2.43. The molecule has 1 aromatic carbocycles. The van der Waals surface area contributed by atoms with Gasteiger partial charge in [0.2, 0.25) is 0 Å². The van der Waals surface area contributed by atoms with Crippen LogP contribution in [0.3, 0.4) is 0 Å². The Morgan fingerprint density at radius 1 is 1.67 bits per heavy atom. The van der Waals surface area contributed by atoms with Gasteiger partial charge in [-0.25, -0.2) is 10.3 Å². The van der Waals surface area contributed by atoms with E-state index < -0.39 is 21.6 Å². The largest absolute Gasteiger partial charge is 0.376 e. The molecule has 0 saturated carbocycles. The van der Waals surface area contributed by atoms with Gasteiger partial charge in [-0.2, -0.15) is 5.26 Å². The van der Waals surface area contributed by atoms with Crippen LogP contribution in [0, 0.1) is 27.3 Å². The lowest BCUT2D eigenvalue weighted by Crippen LogP contribution is -2.45. The molecule has 1 saturated heterocycles. The molecule has 1 unspecified atom stereocenters. The van der Waals surface area contributed by atoms with E-state index in [1.165, 1.54) is 11.8 Å². The fraction of sp³-hybridized carbons (Fsp3) is 0.417. The summed E-state index contributed by atoms with van der Waals surface area (Å²) in [5, 5.41) is 19.8. The minimum absolute atomic E-state index is 0.00692. The molecule has 1 aliphatic heterocycles. The molecule has 9 heteroatoms. The summed E-state index contributed by atoms with van der Waals surface area (Å²) in [6.07, 6.45) is -0.888. The highest BCUT2D eigenvalue weighted by Gasteiger charge is 2.40. The van der Waals surface area contributed by atoms with Crippen molar-refractivity contribution in [2.24, 2.45) is 5.90 Å². The number of non-ortho nitro benzene ring substituents is 1. The monoisotopic (exact) mass is 313 g/mol. The van der Waals surface area contributed by atoms with Crippen LogP contribution in [0.2, 0.25) is 0 Å². The van der Waals surface area contributed by atoms with Gasteiger partial charge in [0.05, 0.1) is 24.2 Å². The topological polar surface area (TPSA) is 111 Å². The fourth-order valence-corrected chi connectivity index (χ4v) is 2.92. The lowest BCUT2D eigenvalue weighted by molar-refractivity contribution is -0.385. The molecule has 0 aromatic heterocycles. The Balaban J connectivity index is 2.15. The van der Waals surface area contributed by atoms with Gasteiger partial charge >= 0.3 is 0 Å². The van der Waals surface area contributed by atoms with Gasteiger partial charge in [0.25, 0.3) is 5.69 Å². The molecule has 1 atom stereocenters. The van der Waals surface area contributed by atoms with Crippen LogP contribution in [0.15, 0.2) is 18.2 Å². The van der Waals surface area contributed by atoms with Crippen molar-refractivity contribution < 1.29 is 18.9 Å². The third-order valence-corrected chi connectivity index (χ3v) is 4.44. The molecule has 1 aromatic rings. The number of rotatable bonds is 6. The minimum Gasteiger partial charge on any atom is -0.376 e. The Hall–Kier alpha value is -1.73. The molecular formula is C12H12FN3O4S. The van der Waals surface area contributed by atoms with Gasteiger partial charge in [0.15, 0.2) is 0 Å². The van der Waals surface area contributed by atoms with E-state index in [0.29, 0.717) is 0 Å². The molecule has 0 spiro atoms. The number of nitro benzene ring substituents is 1. The van der Waals surface area contributed by atoms with E-state index in [1.54, 1.807) is 0 Å². The summed E-state index contributed by atoms with van der Waals surface area (Å²) < 4.78 is 18.1. The maximum Gasteiger partial charge on any atom is 0.270 e. The highest BCUT2D eigenvalue weighted by molar-refractivity contribution is 8.01. The highest BCUT2D eigenvalue weighted by atomic mass is 32.2. The van der Waals surface area contributed by atoms with Crippen molar-refractivity contribution in [3.8, 4) is 6.07 Å². The molecule has 2 rings (SSSR count). The van der Waals surface area contributed by atoms with E-state index in [0.717, 1.165) is 18.2 Å². The summed E-state index contributed by atoms with van der Waals surface area (Å²) in [7, 11) is 0. The first-order chi connectivity index (χ1) is 10.0. The van der Waals surface area contributed by atoms with Gasteiger partial charge in [-0.1, -0.05) is 0 Å². The quantitative estimate of drug-likeness (QED) is 0.628. The van der Waals surface area contributed by atoms with Crippen LogP contribution >= 0.6 is 11.8 Å². The lowest BCUT2D eigenvalue weighted by atomic mass is 10.1. The van der Waals surface area contributed by atoms with E-state index >= 15 is 0 Å². The number of benzene rings is 1. The fourth-order valence-electron chi connectivity index (χ4n) is 1.80. The normalized spacial score (nSPS) is 17.6. The molecule has 112 valence electrons. The van der Waals surface area contributed by atoms with Crippen LogP contribution < -0.4 is 5.90 Å². The third kappa shape index (κ3) is 3.30. The van der Waals surface area contributed by atoms with Crippen molar-refractivity contribution in [2.45, 2.75) is 10.9 Å². The zero-order chi connectivity index (χ0) is 15.5. The van der Waals surface area contributed by atoms with Crippen LogP contribution in [0.4, 0.5) is 10.1 Å². The Morgan fingerprint density at radius 2 is 2.38 bits per heavy atom. The number of nitrogens with zero attached hydrogens (tertiary/aromatic N) is 2. The standard InChI is InChI=1S/C12H12FN3O4S/c13-10-2-1-8(16(17)18)3-9(10)11(20-15)4-21-12(5-14)6-19-7-12/h1-3,11H,4,6-7,15H2. The highest BCUT2D eigenvalue weighted by Crippen LogP contribution is 2.36. The Morgan fingerprint density at radius 3 is 2.86 bits per heavy atom. The Bertz CT molecular complexity index is 588. The van der Waals surface area contributed by atoms with Crippen molar-refractivity contribution in [1.29, 1.82) is 5.26 Å². The van der Waals surface area contributed by atoms with Crippen LogP contribution in [0.1, 0.15) is 11.7 Å². The number of halogens is 1. The second kappa shape index (κ2) is 6.36. The van der Waals surface area contributed by atoms with Gasteiger partial charge in [-0.05, 0) is 6.07 Å². The summed E-state index contributed by atoms with van der Waals surface area (Å²) in [5.41, 5.74) is -0.257. The molecule has 0 amide bonds. The number of hydrogen-bond acceptors (Lipinski definition) is 7. The summed E-state index contributed by atoms with van der Waals surface area (Å²) in [6.45, 7) is 0.561. The predicted octanol–water partition coefficient (Wildman–Crippen LogP) is 1.69. The predicted molar refractivity (Wildman–Crippen MR) is 72.7 cm³/mol. The zero-order valence-corrected chi connectivity index (χ0v) is 11.6. The average molecular weight is 313 g/mol. The number of thioether (sulfide) groups is 1. The first-order valence-corrected chi connectivity index (χ1v) is 6.92. The minimum atomic E-state index is -0.888. The number of ether oxygens (including phenoxy) is 1. The van der Waals surface area contributed by atoms with Crippen molar-refractivity contribution in [1.82, 2.24) is 0 Å². The van der Waals surface area contributed by atoms with Crippen LogP contribution in [0.25, 0.3) is 0 Å². The number of nitrogens with two attached hydrogens (primary N) is 1. The van der Waals surface area contributed by atoms with Crippen molar-refractivity contribution in [2.75, 3.05) is 19.0 Å². The van der Waals surface area contributed by atoms with E-state index in [4.69, 9.17) is 20.7 Å². The maximum absolute atomic E-state index is 13.8. The summed E-state index contributed by atoms with van der Waals surface area (Å²) in [4.78, 5) is 14.8. The SMILES string of the molecule is N#CC1(SCC(ON)c2cc([N+](=O)[O-])ccc2F)COC1. The summed E-state index contributed by atoms with van der Waals surface area (Å²) >= 11 is 1.23. The van der Waals surface area contributed by atoms with E-state index in [1.807, 2.05) is 0 Å². The van der Waals surface area contributed by atoms with Gasteiger partial charge in [0.1, 0.15) is 16.7 Å². The van der Waals surface area contributed by atoms with Gasteiger partial charge < -0.3 is 4.74 Å². The second-order valence-corrected chi connectivity index (χ2v) is 5.90. The molecule has 21 heavy (non-hydrogen) atoms. The van der Waals surface area contributed by atoms with Crippen molar-refractivity contribution in [3.05, 3.63) is 39.7 Å². The zero-order valence-electron chi connectivity index (χ0n) is 10.8. The summed E-state index contributed by atoms with van der Waals surface area (Å²) in [5.74, 6) is 4.71. The maximum atomic E-state index is 13.8. The lowest BCUT2D eigenvalue weighted by Gasteiger charge is -2.35. The third-order valence-electron chi connectivity index (χ3n) is 3.09. The smallest absolute Gasteiger partial charge is 0.270 e. The number of nitriles is 1.